The Morgan fingerprint density at radius 2 is 2.20 bits per heavy atom. The Hall–Kier alpha value is -2.21. The predicted molar refractivity (Wildman–Crippen MR) is 56.2 cm³/mol. The molecule has 0 amide bonds. The van der Waals surface area contributed by atoms with Crippen molar-refractivity contribution in [3.05, 3.63) is 40.6 Å². The Balaban J connectivity index is 2.83. The maximum atomic E-state index is 10.7. The minimum absolute atomic E-state index is 0.0235. The summed E-state index contributed by atoms with van der Waals surface area (Å²) in [6, 6.07) is 6.37. The Labute approximate surface area is 84.8 Å². The predicted octanol–water partition coefficient (Wildman–Crippen LogP) is 1.43. The van der Waals surface area contributed by atoms with E-state index >= 15 is 0 Å². The molecule has 0 aliphatic rings. The third-order valence-corrected chi connectivity index (χ3v) is 2.10. The maximum absolute atomic E-state index is 10.7. The van der Waals surface area contributed by atoms with Gasteiger partial charge in [0.25, 0.3) is 5.69 Å². The molecule has 0 saturated heterocycles. The summed E-state index contributed by atoms with van der Waals surface area (Å²) in [4.78, 5) is 14.2. The topological polar surface area (TPSA) is 94.1 Å². The molecule has 2 aromatic rings. The summed E-state index contributed by atoms with van der Waals surface area (Å²) in [5, 5.41) is 11.4. The van der Waals surface area contributed by atoms with E-state index in [0.717, 1.165) is 0 Å². The standard InChI is InChI=1S/C9H8N4O2/c10-12-7-3-4-8(13(14)15)9-6(7)2-1-5-11-9/h1-5,12H,10H2. The number of non-ortho nitro benzene ring substituents is 1. The lowest BCUT2D eigenvalue weighted by Gasteiger charge is -2.04. The molecule has 0 radical (unpaired) electrons. The number of aromatic nitrogens is 1. The van der Waals surface area contributed by atoms with Gasteiger partial charge < -0.3 is 5.43 Å². The number of nitrogens with two attached hydrogens (primary N) is 1. The Morgan fingerprint density at radius 1 is 1.40 bits per heavy atom. The van der Waals surface area contributed by atoms with E-state index in [2.05, 4.69) is 10.4 Å². The summed E-state index contributed by atoms with van der Waals surface area (Å²) in [5.74, 6) is 5.29. The molecule has 76 valence electrons. The Morgan fingerprint density at radius 3 is 2.87 bits per heavy atom. The average Bonchev–Trinajstić information content (AvgIpc) is 2.27. The van der Waals surface area contributed by atoms with Crippen molar-refractivity contribution in [2.75, 3.05) is 5.43 Å². The molecule has 0 atom stereocenters. The zero-order chi connectivity index (χ0) is 10.8. The molecular weight excluding hydrogens is 196 g/mol. The van der Waals surface area contributed by atoms with Crippen molar-refractivity contribution in [2.24, 2.45) is 5.84 Å². The van der Waals surface area contributed by atoms with Crippen molar-refractivity contribution >= 4 is 22.3 Å². The quantitative estimate of drug-likeness (QED) is 0.438. The first-order valence-electron chi connectivity index (χ1n) is 4.23. The minimum atomic E-state index is -0.463. The largest absolute Gasteiger partial charge is 0.323 e. The first-order chi connectivity index (χ1) is 7.24. The molecule has 0 aliphatic heterocycles. The fraction of sp³-hybridized carbons (Fsp3) is 0. The van der Waals surface area contributed by atoms with E-state index in [0.29, 0.717) is 16.6 Å². The summed E-state index contributed by atoms with van der Waals surface area (Å²) >= 11 is 0. The third-order valence-electron chi connectivity index (χ3n) is 2.10. The van der Waals surface area contributed by atoms with Crippen LogP contribution in [0, 0.1) is 10.1 Å². The van der Waals surface area contributed by atoms with Crippen molar-refractivity contribution in [3.63, 3.8) is 0 Å². The number of hydrazine groups is 1. The molecular formula is C9H8N4O2. The normalized spacial score (nSPS) is 10.2. The number of nitro groups is 1. The highest BCUT2D eigenvalue weighted by atomic mass is 16.6. The van der Waals surface area contributed by atoms with E-state index < -0.39 is 4.92 Å². The Bertz CT molecular complexity index is 527. The number of hydrogen-bond acceptors (Lipinski definition) is 5. The second-order valence-corrected chi connectivity index (χ2v) is 2.93. The van der Waals surface area contributed by atoms with Crippen LogP contribution in [0.4, 0.5) is 11.4 Å². The number of rotatable bonds is 2. The van der Waals surface area contributed by atoms with Gasteiger partial charge in [-0.3, -0.25) is 16.0 Å². The van der Waals surface area contributed by atoms with Gasteiger partial charge in [-0.1, -0.05) is 0 Å². The van der Waals surface area contributed by atoms with E-state index in [-0.39, 0.29) is 5.69 Å². The number of hydrogen-bond donors (Lipinski definition) is 2. The van der Waals surface area contributed by atoms with Crippen LogP contribution in [0.3, 0.4) is 0 Å². The lowest BCUT2D eigenvalue weighted by molar-refractivity contribution is -0.383. The van der Waals surface area contributed by atoms with Crippen LogP contribution >= 0.6 is 0 Å². The number of pyridine rings is 1. The van der Waals surface area contributed by atoms with Gasteiger partial charge in [0.2, 0.25) is 0 Å². The van der Waals surface area contributed by atoms with Crippen LogP contribution in [0.5, 0.6) is 0 Å². The fourth-order valence-electron chi connectivity index (χ4n) is 1.43. The molecule has 1 aromatic carbocycles. The van der Waals surface area contributed by atoms with Crippen molar-refractivity contribution in [2.45, 2.75) is 0 Å². The average molecular weight is 204 g/mol. The molecule has 3 N–H and O–H groups in total. The monoisotopic (exact) mass is 204 g/mol. The zero-order valence-corrected chi connectivity index (χ0v) is 7.68. The molecule has 15 heavy (non-hydrogen) atoms. The number of nitrogen functional groups attached to an aromatic ring is 1. The fourth-order valence-corrected chi connectivity index (χ4v) is 1.43. The highest BCUT2D eigenvalue weighted by molar-refractivity contribution is 5.96. The molecule has 0 unspecified atom stereocenters. The number of fused-ring (bicyclic) bond motifs is 1. The molecule has 2 rings (SSSR count). The number of benzene rings is 1. The zero-order valence-electron chi connectivity index (χ0n) is 7.68. The maximum Gasteiger partial charge on any atom is 0.295 e. The van der Waals surface area contributed by atoms with Crippen molar-refractivity contribution in [1.82, 2.24) is 4.98 Å². The third kappa shape index (κ3) is 1.46. The summed E-state index contributed by atoms with van der Waals surface area (Å²) in [5.41, 5.74) is 3.40. The van der Waals surface area contributed by atoms with Crippen LogP contribution in [0.15, 0.2) is 30.5 Å². The van der Waals surface area contributed by atoms with Crippen LogP contribution in [-0.4, -0.2) is 9.91 Å². The van der Waals surface area contributed by atoms with Gasteiger partial charge in [0.15, 0.2) is 0 Å². The van der Waals surface area contributed by atoms with E-state index in [1.807, 2.05) is 0 Å². The van der Waals surface area contributed by atoms with Crippen LogP contribution < -0.4 is 11.3 Å². The van der Waals surface area contributed by atoms with E-state index in [4.69, 9.17) is 5.84 Å². The highest BCUT2D eigenvalue weighted by Crippen LogP contribution is 2.28. The van der Waals surface area contributed by atoms with E-state index in [1.165, 1.54) is 12.3 Å². The van der Waals surface area contributed by atoms with Gasteiger partial charge in [-0.05, 0) is 18.2 Å². The van der Waals surface area contributed by atoms with E-state index in [1.54, 1.807) is 18.2 Å². The second kappa shape index (κ2) is 3.50. The molecule has 0 fully saturated rings. The Kier molecular flexibility index (Phi) is 2.18. The first kappa shape index (κ1) is 9.35. The van der Waals surface area contributed by atoms with Crippen LogP contribution in [0.1, 0.15) is 0 Å². The lowest BCUT2D eigenvalue weighted by atomic mass is 10.1. The van der Waals surface area contributed by atoms with Crippen LogP contribution in [-0.2, 0) is 0 Å². The van der Waals surface area contributed by atoms with Gasteiger partial charge in [0, 0.05) is 17.6 Å². The highest BCUT2D eigenvalue weighted by Gasteiger charge is 2.14. The molecule has 1 aromatic heterocycles. The van der Waals surface area contributed by atoms with Gasteiger partial charge in [-0.25, -0.2) is 4.98 Å². The number of nitrogens with one attached hydrogen (secondary N) is 1. The van der Waals surface area contributed by atoms with Gasteiger partial charge >= 0.3 is 0 Å². The molecule has 1 heterocycles. The number of nitro benzene ring substituents is 1. The molecule has 0 saturated carbocycles. The molecule has 6 nitrogen and oxygen atoms in total. The lowest BCUT2D eigenvalue weighted by Crippen LogP contribution is -2.07. The van der Waals surface area contributed by atoms with Gasteiger partial charge in [-0.2, -0.15) is 0 Å². The smallest absolute Gasteiger partial charge is 0.295 e. The minimum Gasteiger partial charge on any atom is -0.323 e. The SMILES string of the molecule is NNc1ccc([N+](=O)[O-])c2ncccc12. The first-order valence-corrected chi connectivity index (χ1v) is 4.23. The van der Waals surface area contributed by atoms with Crippen LogP contribution in [0.25, 0.3) is 10.9 Å². The number of anilines is 1. The second-order valence-electron chi connectivity index (χ2n) is 2.93. The van der Waals surface area contributed by atoms with Crippen molar-refractivity contribution in [1.29, 1.82) is 0 Å². The summed E-state index contributed by atoms with van der Waals surface area (Å²) in [6.45, 7) is 0. The van der Waals surface area contributed by atoms with Crippen molar-refractivity contribution in [3.8, 4) is 0 Å². The van der Waals surface area contributed by atoms with Gasteiger partial charge in [0.1, 0.15) is 5.52 Å². The van der Waals surface area contributed by atoms with Gasteiger partial charge in [-0.15, -0.1) is 0 Å². The van der Waals surface area contributed by atoms with Crippen molar-refractivity contribution < 1.29 is 4.92 Å². The molecule has 0 spiro atoms. The summed E-state index contributed by atoms with van der Waals surface area (Å²) < 4.78 is 0. The molecule has 0 bridgehead atoms. The van der Waals surface area contributed by atoms with Crippen LogP contribution in [0.2, 0.25) is 0 Å². The molecule has 6 heteroatoms. The van der Waals surface area contributed by atoms with Gasteiger partial charge in [0.05, 0.1) is 10.6 Å². The summed E-state index contributed by atoms with van der Waals surface area (Å²) in [7, 11) is 0. The molecule has 0 aliphatic carbocycles. The van der Waals surface area contributed by atoms with E-state index in [9.17, 15) is 10.1 Å². The number of nitrogens with zero attached hydrogens (tertiary/aromatic N) is 2. The summed E-state index contributed by atoms with van der Waals surface area (Å²) in [6.07, 6.45) is 1.51.